The second-order valence-corrected chi connectivity index (χ2v) is 6.32. The van der Waals surface area contributed by atoms with Gasteiger partial charge in [0.25, 0.3) is 0 Å². The molecule has 0 aliphatic carbocycles. The second kappa shape index (κ2) is 3.19. The maximum Gasteiger partial charge on any atom is 0.135 e. The van der Waals surface area contributed by atoms with E-state index in [1.165, 1.54) is 61.8 Å². The minimum atomic E-state index is 0.0585. The van der Waals surface area contributed by atoms with Crippen LogP contribution < -0.4 is 5.11 Å². The van der Waals surface area contributed by atoms with Crippen molar-refractivity contribution in [2.45, 2.75) is 56.6 Å². The third-order valence-corrected chi connectivity index (χ3v) is 5.86. The van der Waals surface area contributed by atoms with E-state index in [9.17, 15) is 5.11 Å². The molecule has 1 spiro atoms. The van der Waals surface area contributed by atoms with Gasteiger partial charge in [-0.3, -0.25) is 0 Å². The topological polar surface area (TPSA) is 32.3 Å². The van der Waals surface area contributed by atoms with Gasteiger partial charge >= 0.3 is 0 Å². The quantitative estimate of drug-likeness (QED) is 0.593. The molecular weight excluding hydrogens is 214 g/mol. The van der Waals surface area contributed by atoms with Gasteiger partial charge in [0, 0.05) is 18.4 Å². The molecule has 4 rings (SSSR count). The molecule has 3 fully saturated rings. The van der Waals surface area contributed by atoms with Gasteiger partial charge in [-0.15, -0.1) is 0 Å². The van der Waals surface area contributed by atoms with Crippen LogP contribution in [0.3, 0.4) is 0 Å². The highest BCUT2D eigenvalue weighted by Crippen LogP contribution is 2.56. The normalized spacial score (nSPS) is 48.4. The molecule has 0 radical (unpaired) electrons. The molecule has 4 aliphatic heterocycles. The Hall–Kier alpha value is -0.700. The predicted molar refractivity (Wildman–Crippen MR) is 61.8 cm³/mol. The zero-order valence-corrected chi connectivity index (χ0v) is 10.4. The molecule has 94 valence electrons. The van der Waals surface area contributed by atoms with Crippen LogP contribution in [0.25, 0.3) is 0 Å². The van der Waals surface area contributed by atoms with Gasteiger partial charge in [0.05, 0.1) is 31.7 Å². The average Bonchev–Trinajstić information content (AvgIpc) is 2.76. The lowest BCUT2D eigenvalue weighted by Crippen LogP contribution is -2.68. The number of quaternary nitrogens is 1. The molecule has 4 heterocycles. The summed E-state index contributed by atoms with van der Waals surface area (Å²) in [4.78, 5) is 0. The molecule has 0 aromatic heterocycles. The molecule has 3 atom stereocenters. The summed E-state index contributed by atoms with van der Waals surface area (Å²) in [6.07, 6.45) is 8.57. The van der Waals surface area contributed by atoms with Gasteiger partial charge in [-0.05, 0) is 32.1 Å². The summed E-state index contributed by atoms with van der Waals surface area (Å²) >= 11 is 0. The monoisotopic (exact) mass is 235 g/mol. The van der Waals surface area contributed by atoms with Crippen molar-refractivity contribution in [3.05, 3.63) is 11.5 Å². The van der Waals surface area contributed by atoms with Crippen molar-refractivity contribution in [2.24, 2.45) is 0 Å². The van der Waals surface area contributed by atoms with E-state index in [0.717, 1.165) is 12.8 Å². The molecule has 0 bridgehead atoms. The fraction of sp³-hybridized carbons (Fsp3) is 0.857. The van der Waals surface area contributed by atoms with E-state index in [4.69, 9.17) is 4.74 Å². The molecule has 0 amide bonds. The summed E-state index contributed by atoms with van der Waals surface area (Å²) in [5.41, 5.74) is 1.31. The van der Waals surface area contributed by atoms with Crippen molar-refractivity contribution in [3.8, 4) is 0 Å². The Morgan fingerprint density at radius 1 is 1.12 bits per heavy atom. The zero-order valence-electron chi connectivity index (χ0n) is 10.4. The fourth-order valence-electron chi connectivity index (χ4n) is 5.31. The van der Waals surface area contributed by atoms with Gasteiger partial charge in [-0.2, -0.15) is 0 Å². The van der Waals surface area contributed by atoms with Gasteiger partial charge < -0.3 is 14.3 Å². The molecule has 3 nitrogen and oxygen atoms in total. The number of hydrogen-bond acceptors (Lipinski definition) is 2. The second-order valence-electron chi connectivity index (χ2n) is 6.32. The molecule has 4 aliphatic rings. The van der Waals surface area contributed by atoms with Gasteiger partial charge in [0.15, 0.2) is 0 Å². The van der Waals surface area contributed by atoms with E-state index in [-0.39, 0.29) is 17.6 Å². The van der Waals surface area contributed by atoms with Gasteiger partial charge in [-0.25, -0.2) is 0 Å². The van der Waals surface area contributed by atoms with Crippen molar-refractivity contribution in [2.75, 3.05) is 19.6 Å². The summed E-state index contributed by atoms with van der Waals surface area (Å²) < 4.78 is 6.95. The Bertz CT molecular complexity index is 392. The molecule has 0 aromatic carbocycles. The highest BCUT2D eigenvalue weighted by Gasteiger charge is 2.64. The molecular formula is C14H21NO2. The molecule has 0 saturated carbocycles. The SMILES string of the molecule is [O-]C1=C2CCCC[N+]34CCCC(O1)C23CCC4. The number of ether oxygens (including phenoxy) is 1. The minimum Gasteiger partial charge on any atom is -0.603 e. The van der Waals surface area contributed by atoms with Crippen LogP contribution in [0.1, 0.15) is 44.9 Å². The van der Waals surface area contributed by atoms with Crippen molar-refractivity contribution in [3.63, 3.8) is 0 Å². The average molecular weight is 235 g/mol. The minimum absolute atomic E-state index is 0.0585. The highest BCUT2D eigenvalue weighted by molar-refractivity contribution is 5.28. The van der Waals surface area contributed by atoms with Gasteiger partial charge in [-0.1, -0.05) is 0 Å². The molecule has 3 heteroatoms. The molecule has 17 heavy (non-hydrogen) atoms. The van der Waals surface area contributed by atoms with E-state index >= 15 is 0 Å². The maximum absolute atomic E-state index is 12.2. The van der Waals surface area contributed by atoms with E-state index < -0.39 is 0 Å². The Morgan fingerprint density at radius 3 is 2.88 bits per heavy atom. The van der Waals surface area contributed by atoms with Crippen LogP contribution in [0.15, 0.2) is 11.5 Å². The summed E-state index contributed by atoms with van der Waals surface area (Å²) in [7, 11) is 0. The Kier molecular flexibility index (Phi) is 1.92. The van der Waals surface area contributed by atoms with Crippen molar-refractivity contribution < 1.29 is 14.3 Å². The number of nitrogens with zero attached hydrogens (tertiary/aromatic N) is 1. The Balaban J connectivity index is 1.92. The lowest BCUT2D eigenvalue weighted by molar-refractivity contribution is -0.965. The first kappa shape index (κ1) is 10.2. The largest absolute Gasteiger partial charge is 0.603 e. The Labute approximate surface area is 103 Å². The van der Waals surface area contributed by atoms with Crippen LogP contribution in [0.2, 0.25) is 0 Å². The van der Waals surface area contributed by atoms with Crippen LogP contribution in [0.5, 0.6) is 0 Å². The number of piperidine rings is 1. The lowest BCUT2D eigenvalue weighted by Gasteiger charge is -2.54. The Morgan fingerprint density at radius 2 is 1.94 bits per heavy atom. The highest BCUT2D eigenvalue weighted by atomic mass is 16.6. The van der Waals surface area contributed by atoms with Gasteiger partial charge in [0.1, 0.15) is 5.54 Å². The standard InChI is InChI=1S/C14H21NO2/c16-13-11-5-1-2-8-15-9-3-6-12(17-13)14(11,15)7-4-10-15/h12H,1-10H2. The first-order valence-corrected chi connectivity index (χ1v) is 7.22. The molecule has 3 saturated heterocycles. The summed E-state index contributed by atoms with van der Waals surface area (Å²) in [5.74, 6) is 0.0585. The van der Waals surface area contributed by atoms with E-state index in [0.29, 0.717) is 0 Å². The van der Waals surface area contributed by atoms with Crippen LogP contribution in [0.4, 0.5) is 0 Å². The summed E-state index contributed by atoms with van der Waals surface area (Å²) in [6.45, 7) is 3.86. The molecule has 3 unspecified atom stereocenters. The fourth-order valence-corrected chi connectivity index (χ4v) is 5.31. The van der Waals surface area contributed by atoms with Crippen LogP contribution in [0, 0.1) is 0 Å². The predicted octanol–water partition coefficient (Wildman–Crippen LogP) is 1.28. The van der Waals surface area contributed by atoms with Crippen molar-refractivity contribution in [1.29, 1.82) is 0 Å². The van der Waals surface area contributed by atoms with E-state index in [1.54, 1.807) is 0 Å². The van der Waals surface area contributed by atoms with Gasteiger partial charge in [0.2, 0.25) is 0 Å². The number of hydrogen-bond donors (Lipinski definition) is 0. The molecule has 0 N–H and O–H groups in total. The first-order valence-electron chi connectivity index (χ1n) is 7.22. The first-order chi connectivity index (χ1) is 8.29. The van der Waals surface area contributed by atoms with Crippen LogP contribution in [-0.2, 0) is 4.74 Å². The smallest absolute Gasteiger partial charge is 0.135 e. The van der Waals surface area contributed by atoms with E-state index in [1.807, 2.05) is 0 Å². The third-order valence-electron chi connectivity index (χ3n) is 5.86. The maximum atomic E-state index is 12.2. The third kappa shape index (κ3) is 1.03. The molecule has 0 aromatic rings. The summed E-state index contributed by atoms with van der Waals surface area (Å²) in [5, 5.41) is 12.2. The van der Waals surface area contributed by atoms with Crippen molar-refractivity contribution in [1.82, 2.24) is 0 Å². The van der Waals surface area contributed by atoms with E-state index in [2.05, 4.69) is 0 Å². The van der Waals surface area contributed by atoms with Crippen LogP contribution >= 0.6 is 0 Å². The number of rotatable bonds is 0. The van der Waals surface area contributed by atoms with Crippen LogP contribution in [-0.4, -0.2) is 35.8 Å². The lowest BCUT2D eigenvalue weighted by atomic mass is 9.76. The van der Waals surface area contributed by atoms with Crippen molar-refractivity contribution >= 4 is 0 Å². The zero-order chi connectivity index (χ0) is 11.5. The summed E-state index contributed by atoms with van der Waals surface area (Å²) in [6, 6.07) is 0.